The predicted octanol–water partition coefficient (Wildman–Crippen LogP) is 2.71. The minimum atomic E-state index is -0.317. The van der Waals surface area contributed by atoms with E-state index in [9.17, 15) is 14.4 Å². The topological polar surface area (TPSA) is 79.4 Å². The van der Waals surface area contributed by atoms with Gasteiger partial charge in [0.25, 0.3) is 5.91 Å². The molecule has 2 aromatic rings. The van der Waals surface area contributed by atoms with E-state index in [1.54, 1.807) is 35.8 Å². The highest BCUT2D eigenvalue weighted by Gasteiger charge is 2.59. The van der Waals surface area contributed by atoms with Crippen molar-refractivity contribution in [2.45, 2.75) is 6.42 Å². The van der Waals surface area contributed by atoms with E-state index < -0.39 is 0 Å². The first-order valence-corrected chi connectivity index (χ1v) is 9.38. The van der Waals surface area contributed by atoms with Gasteiger partial charge in [0, 0.05) is 17.1 Å². The van der Waals surface area contributed by atoms with Crippen molar-refractivity contribution in [3.8, 4) is 0 Å². The molecule has 2 aliphatic carbocycles. The maximum absolute atomic E-state index is 12.9. The predicted molar refractivity (Wildman–Crippen MR) is 96.7 cm³/mol. The van der Waals surface area contributed by atoms with Crippen LogP contribution in [0.25, 0.3) is 0 Å². The smallest absolute Gasteiger partial charge is 0.257 e. The first-order chi connectivity index (χ1) is 12.6. The van der Waals surface area contributed by atoms with Gasteiger partial charge in [-0.05, 0) is 36.5 Å². The quantitative estimate of drug-likeness (QED) is 0.670. The van der Waals surface area contributed by atoms with Crippen LogP contribution in [-0.4, -0.2) is 22.7 Å². The Morgan fingerprint density at radius 1 is 1.15 bits per heavy atom. The number of carbonyl (C=O) groups is 3. The molecule has 5 rings (SSSR count). The number of nitrogens with one attached hydrogen (secondary N) is 1. The molecule has 7 heteroatoms. The number of imide groups is 1. The van der Waals surface area contributed by atoms with Gasteiger partial charge in [-0.3, -0.25) is 19.7 Å². The molecular weight excluding hydrogens is 350 g/mol. The van der Waals surface area contributed by atoms with E-state index in [4.69, 9.17) is 0 Å². The molecular formula is C19H15N3O3S. The summed E-state index contributed by atoms with van der Waals surface area (Å²) in [6.07, 6.45) is 6.65. The molecule has 130 valence electrons. The molecule has 26 heavy (non-hydrogen) atoms. The van der Waals surface area contributed by atoms with Crippen LogP contribution in [0.3, 0.4) is 0 Å². The molecule has 0 unspecified atom stereocenters. The lowest BCUT2D eigenvalue weighted by atomic mass is 9.85. The number of hydrogen-bond acceptors (Lipinski definition) is 5. The van der Waals surface area contributed by atoms with Gasteiger partial charge in [0.2, 0.25) is 11.8 Å². The average Bonchev–Trinajstić information content (AvgIpc) is 3.41. The molecule has 2 fully saturated rings. The number of carbonyl (C=O) groups excluding carboxylic acids is 3. The summed E-state index contributed by atoms with van der Waals surface area (Å²) in [5, 5.41) is 4.99. The van der Waals surface area contributed by atoms with Crippen LogP contribution in [0.2, 0.25) is 0 Å². The van der Waals surface area contributed by atoms with Gasteiger partial charge in [-0.1, -0.05) is 18.2 Å². The lowest BCUT2D eigenvalue weighted by Crippen LogP contribution is -2.33. The number of thiazole rings is 1. The monoisotopic (exact) mass is 365 g/mol. The van der Waals surface area contributed by atoms with E-state index in [0.717, 1.165) is 6.42 Å². The number of allylic oxidation sites excluding steroid dienone is 2. The summed E-state index contributed by atoms with van der Waals surface area (Å²) in [5.74, 6) is -0.757. The van der Waals surface area contributed by atoms with Crippen molar-refractivity contribution in [1.82, 2.24) is 4.98 Å². The molecule has 4 atom stereocenters. The summed E-state index contributed by atoms with van der Waals surface area (Å²) >= 11 is 1.33. The Hall–Kier alpha value is -2.80. The lowest BCUT2D eigenvalue weighted by molar-refractivity contribution is -0.123. The largest absolute Gasteiger partial charge is 0.298 e. The van der Waals surface area contributed by atoms with Crippen LogP contribution in [0, 0.1) is 23.7 Å². The van der Waals surface area contributed by atoms with Crippen molar-refractivity contribution < 1.29 is 14.4 Å². The van der Waals surface area contributed by atoms with Gasteiger partial charge in [-0.25, -0.2) is 9.88 Å². The number of hydrogen-bond donors (Lipinski definition) is 1. The van der Waals surface area contributed by atoms with Crippen molar-refractivity contribution in [1.29, 1.82) is 0 Å². The van der Waals surface area contributed by atoms with Crippen LogP contribution in [0.15, 0.2) is 48.0 Å². The number of aromatic nitrogens is 1. The van der Waals surface area contributed by atoms with Gasteiger partial charge >= 0.3 is 0 Å². The molecule has 1 aromatic carbocycles. The summed E-state index contributed by atoms with van der Waals surface area (Å²) in [7, 11) is 0. The van der Waals surface area contributed by atoms with Gasteiger partial charge in [0.1, 0.15) is 0 Å². The fraction of sp³-hybridized carbons (Fsp3) is 0.263. The SMILES string of the molecule is O=C(Nc1nccs1)c1cccc(N2C(=O)[C@H]3[C@H](C2=O)[C@H]2C=C[C@H]3C2)c1. The van der Waals surface area contributed by atoms with Crippen LogP contribution >= 0.6 is 11.3 Å². The number of fused-ring (bicyclic) bond motifs is 5. The fourth-order valence-electron chi connectivity index (χ4n) is 4.40. The normalized spacial score (nSPS) is 28.7. The molecule has 0 spiro atoms. The summed E-state index contributed by atoms with van der Waals surface area (Å²) in [6.45, 7) is 0. The van der Waals surface area contributed by atoms with Crippen LogP contribution in [-0.2, 0) is 9.59 Å². The Kier molecular flexibility index (Phi) is 3.33. The van der Waals surface area contributed by atoms with Crippen LogP contribution in [0.5, 0.6) is 0 Å². The molecule has 3 aliphatic rings. The van der Waals surface area contributed by atoms with Crippen molar-refractivity contribution in [3.63, 3.8) is 0 Å². The Morgan fingerprint density at radius 3 is 2.54 bits per heavy atom. The number of amides is 3. The highest BCUT2D eigenvalue weighted by atomic mass is 32.1. The number of anilines is 2. The van der Waals surface area contributed by atoms with Crippen LogP contribution in [0.1, 0.15) is 16.8 Å². The third kappa shape index (κ3) is 2.17. The molecule has 0 radical (unpaired) electrons. The molecule has 1 aliphatic heterocycles. The Bertz CT molecular complexity index is 923. The summed E-state index contributed by atoms with van der Waals surface area (Å²) in [5.41, 5.74) is 0.844. The minimum Gasteiger partial charge on any atom is -0.298 e. The third-order valence-electron chi connectivity index (χ3n) is 5.49. The number of rotatable bonds is 3. The maximum atomic E-state index is 12.9. The highest BCUT2D eigenvalue weighted by Crippen LogP contribution is 2.53. The van der Waals surface area contributed by atoms with Crippen molar-refractivity contribution in [2.75, 3.05) is 10.2 Å². The standard InChI is InChI=1S/C19H15N3O3S/c23-16(21-19-20-6-7-26-19)12-2-1-3-13(9-12)22-17(24)14-10-4-5-11(8-10)15(14)18(22)25/h1-7,9-11,14-15H,8H2,(H,20,21,23)/t10-,11-,14+,15+/m0/s1. The zero-order chi connectivity index (χ0) is 17.8. The van der Waals surface area contributed by atoms with E-state index in [2.05, 4.69) is 22.5 Å². The molecule has 1 N–H and O–H groups in total. The van der Waals surface area contributed by atoms with Crippen LogP contribution < -0.4 is 10.2 Å². The number of benzene rings is 1. The van der Waals surface area contributed by atoms with E-state index in [1.165, 1.54) is 16.2 Å². The Labute approximate surface area is 153 Å². The second-order valence-electron chi connectivity index (χ2n) is 6.85. The highest BCUT2D eigenvalue weighted by molar-refractivity contribution is 7.13. The molecule has 6 nitrogen and oxygen atoms in total. The molecule has 1 saturated carbocycles. The van der Waals surface area contributed by atoms with E-state index in [-0.39, 0.29) is 41.4 Å². The summed E-state index contributed by atoms with van der Waals surface area (Å²) in [6, 6.07) is 6.64. The second kappa shape index (κ2) is 5.60. The summed E-state index contributed by atoms with van der Waals surface area (Å²) < 4.78 is 0. The minimum absolute atomic E-state index is 0.144. The first kappa shape index (κ1) is 15.5. The molecule has 1 aromatic heterocycles. The number of nitrogens with zero attached hydrogens (tertiary/aromatic N) is 2. The van der Waals surface area contributed by atoms with E-state index in [0.29, 0.717) is 16.4 Å². The zero-order valence-electron chi connectivity index (χ0n) is 13.7. The van der Waals surface area contributed by atoms with Crippen molar-refractivity contribution >= 4 is 39.9 Å². The zero-order valence-corrected chi connectivity index (χ0v) is 14.5. The van der Waals surface area contributed by atoms with E-state index in [1.807, 2.05) is 0 Å². The average molecular weight is 365 g/mol. The Morgan fingerprint density at radius 2 is 1.88 bits per heavy atom. The fourth-order valence-corrected chi connectivity index (χ4v) is 4.92. The van der Waals surface area contributed by atoms with Gasteiger partial charge in [0.05, 0.1) is 17.5 Å². The molecule has 3 amide bonds. The first-order valence-electron chi connectivity index (χ1n) is 8.50. The second-order valence-corrected chi connectivity index (χ2v) is 7.75. The van der Waals surface area contributed by atoms with E-state index >= 15 is 0 Å². The van der Waals surface area contributed by atoms with Crippen molar-refractivity contribution in [3.05, 3.63) is 53.6 Å². The van der Waals surface area contributed by atoms with Crippen LogP contribution in [0.4, 0.5) is 10.8 Å². The molecule has 2 bridgehead atoms. The summed E-state index contributed by atoms with van der Waals surface area (Å²) in [4.78, 5) is 43.5. The molecule has 1 saturated heterocycles. The van der Waals surface area contributed by atoms with Gasteiger partial charge in [-0.2, -0.15) is 0 Å². The maximum Gasteiger partial charge on any atom is 0.257 e. The van der Waals surface area contributed by atoms with Crippen molar-refractivity contribution in [2.24, 2.45) is 23.7 Å². The molecule has 2 heterocycles. The Balaban J connectivity index is 1.43. The lowest BCUT2D eigenvalue weighted by Gasteiger charge is -2.18. The van der Waals surface area contributed by atoms with Gasteiger partial charge in [0.15, 0.2) is 5.13 Å². The van der Waals surface area contributed by atoms with Gasteiger partial charge < -0.3 is 0 Å². The third-order valence-corrected chi connectivity index (χ3v) is 6.18. The van der Waals surface area contributed by atoms with Gasteiger partial charge in [-0.15, -0.1) is 11.3 Å².